The predicted molar refractivity (Wildman–Crippen MR) is 161 cm³/mol. The molecule has 0 aliphatic carbocycles. The topological polar surface area (TPSA) is 88.1 Å². The first-order chi connectivity index (χ1) is 20.8. The molecule has 0 spiro atoms. The molecule has 1 fully saturated rings. The summed E-state index contributed by atoms with van der Waals surface area (Å²) in [7, 11) is 0.707. The average Bonchev–Trinajstić information content (AvgIpc) is 3.22. The molecule has 0 radical (unpaired) electrons. The number of halogens is 5. The molecule has 8 nitrogen and oxygen atoms in total. The number of carbonyl (C=O) groups is 1. The van der Waals surface area contributed by atoms with Crippen molar-refractivity contribution in [1.29, 1.82) is 0 Å². The SMILES string of the molecule is COCCOc1c([C@H]2[C@H](C(=O)Nc3ccc(C(COC)O[Si](C)(C)C(C)(C)C)nc3)O[C@@](C)(C(F)(F)F)[C@H]2C)ccc(F)c1F. The number of hydrogen-bond donors (Lipinski definition) is 1. The molecule has 1 aliphatic heterocycles. The van der Waals surface area contributed by atoms with E-state index >= 15 is 0 Å². The van der Waals surface area contributed by atoms with Crippen molar-refractivity contribution in [3.63, 3.8) is 0 Å². The van der Waals surface area contributed by atoms with E-state index in [2.05, 4.69) is 44.2 Å². The maximum atomic E-state index is 15.0. The van der Waals surface area contributed by atoms with Crippen molar-refractivity contribution in [3.05, 3.63) is 53.4 Å². The van der Waals surface area contributed by atoms with Gasteiger partial charge in [0, 0.05) is 31.6 Å². The molecule has 1 unspecified atom stereocenters. The van der Waals surface area contributed by atoms with Gasteiger partial charge in [0.25, 0.3) is 5.91 Å². The van der Waals surface area contributed by atoms with Crippen molar-refractivity contribution in [2.75, 3.05) is 39.4 Å². The lowest BCUT2D eigenvalue weighted by Crippen LogP contribution is -2.47. The number of nitrogens with one attached hydrogen (secondary N) is 1. The van der Waals surface area contributed by atoms with Gasteiger partial charge in [0.1, 0.15) is 18.8 Å². The Morgan fingerprint density at radius 2 is 1.76 bits per heavy atom. The molecule has 45 heavy (non-hydrogen) atoms. The third-order valence-corrected chi connectivity index (χ3v) is 13.3. The summed E-state index contributed by atoms with van der Waals surface area (Å²) in [5.41, 5.74) is -2.19. The number of amides is 1. The molecule has 3 rings (SSSR count). The van der Waals surface area contributed by atoms with Gasteiger partial charge in [0.05, 0.1) is 30.8 Å². The van der Waals surface area contributed by atoms with Crippen LogP contribution in [-0.2, 0) is 23.4 Å². The Balaban J connectivity index is 1.96. The quantitative estimate of drug-likeness (QED) is 0.147. The molecule has 1 N–H and O–H groups in total. The highest BCUT2D eigenvalue weighted by Gasteiger charge is 2.66. The van der Waals surface area contributed by atoms with Crippen LogP contribution in [0.25, 0.3) is 0 Å². The summed E-state index contributed by atoms with van der Waals surface area (Å²) in [4.78, 5) is 18.0. The fourth-order valence-electron chi connectivity index (χ4n) is 4.95. The van der Waals surface area contributed by atoms with Crippen molar-refractivity contribution in [1.82, 2.24) is 4.98 Å². The van der Waals surface area contributed by atoms with Gasteiger partial charge >= 0.3 is 6.18 Å². The monoisotopic (exact) mass is 662 g/mol. The molecule has 252 valence electrons. The second-order valence-electron chi connectivity index (χ2n) is 12.9. The van der Waals surface area contributed by atoms with E-state index in [4.69, 9.17) is 23.4 Å². The van der Waals surface area contributed by atoms with E-state index in [1.54, 1.807) is 19.2 Å². The number of pyridine rings is 1. The van der Waals surface area contributed by atoms with Crippen molar-refractivity contribution in [2.24, 2.45) is 5.92 Å². The number of ether oxygens (including phenoxy) is 4. The van der Waals surface area contributed by atoms with Crippen LogP contribution in [0, 0.1) is 17.6 Å². The maximum Gasteiger partial charge on any atom is 0.417 e. The molecule has 1 saturated heterocycles. The van der Waals surface area contributed by atoms with Crippen molar-refractivity contribution in [2.45, 2.75) is 82.7 Å². The molecule has 1 aromatic carbocycles. The molecule has 1 amide bonds. The van der Waals surface area contributed by atoms with Gasteiger partial charge in [0.15, 0.2) is 25.5 Å². The van der Waals surface area contributed by atoms with Gasteiger partial charge in [0.2, 0.25) is 5.82 Å². The first-order valence-electron chi connectivity index (χ1n) is 14.6. The van der Waals surface area contributed by atoms with Crippen LogP contribution in [0.2, 0.25) is 18.1 Å². The Hall–Kier alpha value is -2.65. The van der Waals surface area contributed by atoms with Gasteiger partial charge in [-0.2, -0.15) is 17.6 Å². The van der Waals surface area contributed by atoms with Crippen LogP contribution in [0.3, 0.4) is 0 Å². The van der Waals surface area contributed by atoms with Crippen LogP contribution in [0.1, 0.15) is 57.9 Å². The predicted octanol–water partition coefficient (Wildman–Crippen LogP) is 7.17. The average molecular weight is 663 g/mol. The summed E-state index contributed by atoms with van der Waals surface area (Å²) < 4.78 is 99.9. The number of methoxy groups -OCH3 is 2. The van der Waals surface area contributed by atoms with Gasteiger partial charge in [-0.05, 0) is 43.3 Å². The fraction of sp³-hybridized carbons (Fsp3) is 0.613. The lowest BCUT2D eigenvalue weighted by molar-refractivity contribution is -0.272. The highest BCUT2D eigenvalue weighted by Crippen LogP contribution is 2.55. The number of carbonyl (C=O) groups excluding carboxylic acids is 1. The summed E-state index contributed by atoms with van der Waals surface area (Å²) in [6.45, 7) is 12.6. The van der Waals surface area contributed by atoms with Crippen molar-refractivity contribution >= 4 is 19.9 Å². The number of hydrogen-bond acceptors (Lipinski definition) is 7. The minimum atomic E-state index is -4.89. The van der Waals surface area contributed by atoms with Crippen LogP contribution in [0.4, 0.5) is 27.6 Å². The number of alkyl halides is 3. The first-order valence-corrected chi connectivity index (χ1v) is 17.5. The highest BCUT2D eigenvalue weighted by molar-refractivity contribution is 6.74. The Morgan fingerprint density at radius 3 is 2.29 bits per heavy atom. The normalized spacial score (nSPS) is 23.2. The molecular weight excluding hydrogens is 619 g/mol. The van der Waals surface area contributed by atoms with E-state index in [0.717, 1.165) is 19.1 Å². The smallest absolute Gasteiger partial charge is 0.417 e. The lowest BCUT2D eigenvalue weighted by atomic mass is 9.77. The second-order valence-corrected chi connectivity index (χ2v) is 17.6. The van der Waals surface area contributed by atoms with E-state index in [1.807, 2.05) is 0 Å². The van der Waals surface area contributed by atoms with E-state index < -0.39 is 67.4 Å². The minimum Gasteiger partial charge on any atom is -0.488 e. The summed E-state index contributed by atoms with van der Waals surface area (Å²) in [6.07, 6.45) is -5.76. The van der Waals surface area contributed by atoms with Crippen LogP contribution < -0.4 is 10.1 Å². The number of aromatic nitrogens is 1. The standard InChI is InChI=1S/C31H43F5N2O6Si/c1-18-24(20-11-12-21(32)25(33)26(20)42-15-14-40-6)27(43-30(18,5)31(34,35)36)28(39)38-19-10-13-22(37-16-19)23(17-41-7)44-45(8,9)29(2,3)4/h10-13,16,18,23-24,27H,14-15,17H2,1-9H3,(H,38,39)/t18-,23?,24-,27+,30+/m0/s1. The molecule has 5 atom stereocenters. The summed E-state index contributed by atoms with van der Waals surface area (Å²) in [6, 6.07) is 5.08. The maximum absolute atomic E-state index is 15.0. The largest absolute Gasteiger partial charge is 0.488 e. The zero-order valence-corrected chi connectivity index (χ0v) is 28.1. The Labute approximate surface area is 262 Å². The number of benzene rings is 1. The molecule has 14 heteroatoms. The molecule has 0 bridgehead atoms. The van der Waals surface area contributed by atoms with E-state index in [9.17, 15) is 26.7 Å². The zero-order chi connectivity index (χ0) is 34.0. The molecule has 1 aromatic heterocycles. The highest BCUT2D eigenvalue weighted by atomic mass is 28.4. The number of rotatable bonds is 12. The molecule has 0 saturated carbocycles. The van der Waals surface area contributed by atoms with E-state index in [1.165, 1.54) is 20.2 Å². The minimum absolute atomic E-state index is 0.00541. The van der Waals surface area contributed by atoms with Gasteiger partial charge in [-0.25, -0.2) is 4.39 Å². The molecule has 1 aliphatic rings. The van der Waals surface area contributed by atoms with E-state index in [0.29, 0.717) is 5.69 Å². The summed E-state index contributed by atoms with van der Waals surface area (Å²) >= 11 is 0. The Morgan fingerprint density at radius 1 is 1.09 bits per heavy atom. The third-order valence-electron chi connectivity index (χ3n) is 8.85. The first kappa shape index (κ1) is 36.8. The van der Waals surface area contributed by atoms with Crippen LogP contribution in [-0.4, -0.2) is 71.1 Å². The van der Waals surface area contributed by atoms with Gasteiger partial charge < -0.3 is 28.7 Å². The molecule has 2 heterocycles. The van der Waals surface area contributed by atoms with Crippen molar-refractivity contribution in [3.8, 4) is 5.75 Å². The molecular formula is C31H43F5N2O6Si. The van der Waals surface area contributed by atoms with Crippen molar-refractivity contribution < 1.29 is 50.1 Å². The van der Waals surface area contributed by atoms with Gasteiger partial charge in [-0.1, -0.05) is 33.8 Å². The number of nitrogens with zero attached hydrogens (tertiary/aromatic N) is 1. The summed E-state index contributed by atoms with van der Waals surface area (Å²) in [5.74, 6) is -6.93. The Kier molecular flexibility index (Phi) is 11.4. The van der Waals surface area contributed by atoms with Gasteiger partial charge in [-0.15, -0.1) is 0 Å². The molecule has 2 aromatic rings. The van der Waals surface area contributed by atoms with Crippen LogP contribution >= 0.6 is 0 Å². The number of anilines is 1. The van der Waals surface area contributed by atoms with E-state index in [-0.39, 0.29) is 36.1 Å². The summed E-state index contributed by atoms with van der Waals surface area (Å²) in [5, 5.41) is 2.50. The van der Waals surface area contributed by atoms with Crippen LogP contribution in [0.15, 0.2) is 30.5 Å². The second kappa shape index (κ2) is 14.0. The fourth-order valence-corrected chi connectivity index (χ4v) is 6.21. The van der Waals surface area contributed by atoms with Crippen LogP contribution in [0.5, 0.6) is 5.75 Å². The Bertz CT molecular complexity index is 1320. The zero-order valence-electron chi connectivity index (χ0n) is 27.1. The lowest BCUT2D eigenvalue weighted by Gasteiger charge is -2.39. The third kappa shape index (κ3) is 7.84. The van der Waals surface area contributed by atoms with Gasteiger partial charge in [-0.3, -0.25) is 9.78 Å².